The maximum atomic E-state index is 14.4. The van der Waals surface area contributed by atoms with E-state index in [0.717, 1.165) is 26.3 Å². The lowest BCUT2D eigenvalue weighted by atomic mass is 10.1. The second-order valence-corrected chi connectivity index (χ2v) is 6.36. The van der Waals surface area contributed by atoms with Gasteiger partial charge in [-0.1, -0.05) is 12.1 Å². The third-order valence-electron chi connectivity index (χ3n) is 3.22. The summed E-state index contributed by atoms with van der Waals surface area (Å²) in [6, 6.07) is 5.37. The molecule has 21 heavy (non-hydrogen) atoms. The molecular formula is C16H25FN2O2. The Labute approximate surface area is 126 Å². The average Bonchev–Trinajstić information content (AvgIpc) is 2.43. The molecule has 1 aromatic rings. The van der Waals surface area contributed by atoms with Crippen molar-refractivity contribution in [3.63, 3.8) is 0 Å². The summed E-state index contributed by atoms with van der Waals surface area (Å²) in [6.07, 6.45) is 0. The maximum Gasteiger partial charge on any atom is 0.151 e. The summed E-state index contributed by atoms with van der Waals surface area (Å²) in [5.74, 6) is -0.227. The number of nitrogens with one attached hydrogen (secondary N) is 1. The van der Waals surface area contributed by atoms with Gasteiger partial charge in [0.05, 0.1) is 32.2 Å². The van der Waals surface area contributed by atoms with Gasteiger partial charge in [0.25, 0.3) is 0 Å². The van der Waals surface area contributed by atoms with Crippen LogP contribution in [-0.2, 0) is 16.1 Å². The van der Waals surface area contributed by atoms with E-state index in [1.165, 1.54) is 0 Å². The summed E-state index contributed by atoms with van der Waals surface area (Å²) in [4.78, 5) is 2.17. The third kappa shape index (κ3) is 5.26. The van der Waals surface area contributed by atoms with E-state index < -0.39 is 0 Å². The first-order valence-corrected chi connectivity index (χ1v) is 7.39. The first-order chi connectivity index (χ1) is 9.96. The number of benzene rings is 1. The lowest BCUT2D eigenvalue weighted by Gasteiger charge is -2.26. The molecule has 118 valence electrons. The third-order valence-corrected chi connectivity index (χ3v) is 3.22. The quantitative estimate of drug-likeness (QED) is 0.906. The van der Waals surface area contributed by atoms with Crippen LogP contribution in [-0.4, -0.2) is 43.5 Å². The van der Waals surface area contributed by atoms with Crippen LogP contribution in [0.15, 0.2) is 18.2 Å². The minimum absolute atomic E-state index is 0.172. The molecule has 4 nitrogen and oxygen atoms in total. The molecule has 0 radical (unpaired) electrons. The number of nitrogens with zero attached hydrogens (tertiary/aromatic N) is 1. The normalized spacial score (nSPS) is 17.0. The molecule has 1 aliphatic heterocycles. The van der Waals surface area contributed by atoms with E-state index in [1.54, 1.807) is 12.1 Å². The molecular weight excluding hydrogens is 271 g/mol. The fourth-order valence-electron chi connectivity index (χ4n) is 2.21. The number of morpholine rings is 1. The molecule has 0 amide bonds. The summed E-state index contributed by atoms with van der Waals surface area (Å²) >= 11 is 0. The number of hydrogen-bond acceptors (Lipinski definition) is 4. The van der Waals surface area contributed by atoms with Crippen LogP contribution in [0.1, 0.15) is 26.3 Å². The van der Waals surface area contributed by atoms with Crippen molar-refractivity contribution in [2.24, 2.45) is 0 Å². The smallest absolute Gasteiger partial charge is 0.151 e. The van der Waals surface area contributed by atoms with Gasteiger partial charge in [-0.05, 0) is 26.8 Å². The summed E-state index contributed by atoms with van der Waals surface area (Å²) in [6.45, 7) is 10.0. The van der Waals surface area contributed by atoms with Gasteiger partial charge in [-0.25, -0.2) is 4.39 Å². The highest BCUT2D eigenvalue weighted by Gasteiger charge is 2.15. The van der Waals surface area contributed by atoms with Gasteiger partial charge in [0, 0.05) is 24.2 Å². The SMILES string of the molecule is CC(C)(C)Nc1cccc(COCN2CCOCC2)c1F. The zero-order chi connectivity index (χ0) is 15.3. The number of ether oxygens (including phenoxy) is 2. The van der Waals surface area contributed by atoms with Gasteiger partial charge in [0.1, 0.15) is 0 Å². The van der Waals surface area contributed by atoms with Gasteiger partial charge in [0.2, 0.25) is 0 Å². The Kier molecular flexibility index (Phi) is 5.56. The molecule has 5 heteroatoms. The van der Waals surface area contributed by atoms with Crippen molar-refractivity contribution < 1.29 is 13.9 Å². The molecule has 1 heterocycles. The van der Waals surface area contributed by atoms with Crippen LogP contribution in [0.3, 0.4) is 0 Å². The Bertz CT molecular complexity index is 454. The first-order valence-electron chi connectivity index (χ1n) is 7.39. The molecule has 1 N–H and O–H groups in total. The number of halogens is 1. The van der Waals surface area contributed by atoms with Crippen molar-refractivity contribution in [2.75, 3.05) is 38.4 Å². The maximum absolute atomic E-state index is 14.4. The van der Waals surface area contributed by atoms with Crippen LogP contribution in [0.25, 0.3) is 0 Å². The van der Waals surface area contributed by atoms with E-state index in [0.29, 0.717) is 18.0 Å². The van der Waals surface area contributed by atoms with Gasteiger partial charge >= 0.3 is 0 Å². The molecule has 0 bridgehead atoms. The largest absolute Gasteiger partial charge is 0.379 e. The van der Waals surface area contributed by atoms with Crippen molar-refractivity contribution in [3.8, 4) is 0 Å². The standard InChI is InChI=1S/C16H25FN2O2/c1-16(2,3)18-14-6-4-5-13(15(14)17)11-21-12-19-7-9-20-10-8-19/h4-6,18H,7-12H2,1-3H3. The molecule has 0 unspecified atom stereocenters. The summed E-state index contributed by atoms with van der Waals surface area (Å²) in [5.41, 5.74) is 0.932. The second kappa shape index (κ2) is 7.20. The monoisotopic (exact) mass is 296 g/mol. The van der Waals surface area contributed by atoms with Crippen LogP contribution in [0.2, 0.25) is 0 Å². The highest BCUT2D eigenvalue weighted by Crippen LogP contribution is 2.22. The predicted octanol–water partition coefficient (Wildman–Crippen LogP) is 2.84. The molecule has 2 rings (SSSR count). The van der Waals surface area contributed by atoms with Crippen LogP contribution >= 0.6 is 0 Å². The molecule has 0 aromatic heterocycles. The van der Waals surface area contributed by atoms with Gasteiger partial charge in [-0.3, -0.25) is 4.90 Å². The summed E-state index contributed by atoms with van der Waals surface area (Å²) in [5, 5.41) is 3.17. The Morgan fingerprint density at radius 2 is 2.00 bits per heavy atom. The summed E-state index contributed by atoms with van der Waals surface area (Å²) in [7, 11) is 0. The average molecular weight is 296 g/mol. The van der Waals surface area contributed by atoms with Crippen molar-refractivity contribution >= 4 is 5.69 Å². The molecule has 1 aliphatic rings. The predicted molar refractivity (Wildman–Crippen MR) is 81.8 cm³/mol. The fourth-order valence-corrected chi connectivity index (χ4v) is 2.21. The Balaban J connectivity index is 1.89. The molecule has 1 saturated heterocycles. The first kappa shape index (κ1) is 16.2. The lowest BCUT2D eigenvalue weighted by molar-refractivity contribution is -0.0383. The van der Waals surface area contributed by atoms with Gasteiger partial charge in [-0.15, -0.1) is 0 Å². The molecule has 1 aromatic carbocycles. The van der Waals surface area contributed by atoms with Crippen LogP contribution in [0.4, 0.5) is 10.1 Å². The van der Waals surface area contributed by atoms with Crippen molar-refractivity contribution in [3.05, 3.63) is 29.6 Å². The van der Waals surface area contributed by atoms with Crippen molar-refractivity contribution in [2.45, 2.75) is 32.9 Å². The zero-order valence-electron chi connectivity index (χ0n) is 13.1. The van der Waals surface area contributed by atoms with Gasteiger partial charge in [0.15, 0.2) is 5.82 Å². The fraction of sp³-hybridized carbons (Fsp3) is 0.625. The molecule has 1 fully saturated rings. The van der Waals surface area contributed by atoms with E-state index in [-0.39, 0.29) is 18.0 Å². The number of hydrogen-bond donors (Lipinski definition) is 1. The zero-order valence-corrected chi connectivity index (χ0v) is 13.1. The van der Waals surface area contributed by atoms with Crippen molar-refractivity contribution in [1.82, 2.24) is 4.90 Å². The Morgan fingerprint density at radius 3 is 2.67 bits per heavy atom. The van der Waals surface area contributed by atoms with Crippen LogP contribution < -0.4 is 5.32 Å². The van der Waals surface area contributed by atoms with E-state index in [4.69, 9.17) is 9.47 Å². The molecule has 0 saturated carbocycles. The highest BCUT2D eigenvalue weighted by atomic mass is 19.1. The minimum atomic E-state index is -0.227. The summed E-state index contributed by atoms with van der Waals surface area (Å²) < 4.78 is 25.3. The number of anilines is 1. The number of rotatable bonds is 5. The van der Waals surface area contributed by atoms with Crippen molar-refractivity contribution in [1.29, 1.82) is 0 Å². The van der Waals surface area contributed by atoms with E-state index >= 15 is 0 Å². The minimum Gasteiger partial charge on any atom is -0.379 e. The van der Waals surface area contributed by atoms with Crippen LogP contribution in [0, 0.1) is 5.82 Å². The molecule has 0 spiro atoms. The highest BCUT2D eigenvalue weighted by molar-refractivity contribution is 5.49. The van der Waals surface area contributed by atoms with Gasteiger partial charge in [-0.2, -0.15) is 0 Å². The topological polar surface area (TPSA) is 33.7 Å². The molecule has 0 aliphatic carbocycles. The lowest BCUT2D eigenvalue weighted by Crippen LogP contribution is -2.37. The second-order valence-electron chi connectivity index (χ2n) is 6.36. The van der Waals surface area contributed by atoms with E-state index in [9.17, 15) is 4.39 Å². The molecule has 0 atom stereocenters. The van der Waals surface area contributed by atoms with E-state index in [1.807, 2.05) is 26.8 Å². The van der Waals surface area contributed by atoms with Gasteiger partial charge < -0.3 is 14.8 Å². The Hall–Kier alpha value is -1.17. The van der Waals surface area contributed by atoms with Crippen LogP contribution in [0.5, 0.6) is 0 Å². The Morgan fingerprint density at radius 1 is 1.29 bits per heavy atom. The van der Waals surface area contributed by atoms with E-state index in [2.05, 4.69) is 10.2 Å².